The van der Waals surface area contributed by atoms with Crippen LogP contribution in [0.15, 0.2) is 18.2 Å². The number of Topliss-reactive ketones (excluding diaryl/α,β-unsaturated/α-hetero) is 1. The third kappa shape index (κ3) is 6.37. The van der Waals surface area contributed by atoms with Gasteiger partial charge in [0.05, 0.1) is 29.9 Å². The van der Waals surface area contributed by atoms with Crippen molar-refractivity contribution in [1.29, 1.82) is 0 Å². The van der Waals surface area contributed by atoms with Gasteiger partial charge in [0.1, 0.15) is 23.0 Å². The summed E-state index contributed by atoms with van der Waals surface area (Å²) >= 11 is 0. The number of methoxy groups -OCH3 is 2. The van der Waals surface area contributed by atoms with Crippen molar-refractivity contribution in [3.63, 3.8) is 0 Å². The Bertz CT molecular complexity index is 605. The molecule has 0 amide bonds. The molecule has 2 unspecified atom stereocenters. The number of hydrogen-bond acceptors (Lipinski definition) is 6. The molecule has 0 N–H and O–H groups in total. The van der Waals surface area contributed by atoms with E-state index in [4.69, 9.17) is 18.8 Å². The van der Waals surface area contributed by atoms with Gasteiger partial charge >= 0.3 is 5.97 Å². The van der Waals surface area contributed by atoms with Crippen molar-refractivity contribution in [2.24, 2.45) is 11.8 Å². The highest BCUT2D eigenvalue weighted by atomic mass is 31.0. The lowest BCUT2D eigenvalue weighted by Gasteiger charge is -2.22. The lowest BCUT2D eigenvalue weighted by atomic mass is 9.84. The minimum absolute atomic E-state index is 0.0239. The first-order chi connectivity index (χ1) is 13.6. The average molecular weight is 412 g/mol. The molecular weight excluding hydrogens is 379 g/mol. The summed E-state index contributed by atoms with van der Waals surface area (Å²) in [6, 6.07) is 5.20. The van der Waals surface area contributed by atoms with Crippen LogP contribution >= 0.6 is 9.12 Å². The zero-order valence-electron chi connectivity index (χ0n) is 17.2. The SMILES string of the molecule is CCCCCOC(=O)C(C(=O)c1c(OC)cccc1OC)C1CCCC1.O=[PH3]. The Hall–Kier alpha value is -1.81. The van der Waals surface area contributed by atoms with Crippen LogP contribution in [0, 0.1) is 11.8 Å². The van der Waals surface area contributed by atoms with Crippen molar-refractivity contribution >= 4 is 20.9 Å². The molecule has 1 saturated carbocycles. The standard InChI is InChI=1S/C21H30O5.H3OP/c1-4-5-8-14-26-21(23)18(15-10-6-7-11-15)20(22)19-16(24-2)12-9-13-17(19)25-3;1-2/h9,12-13,15,18H,4-8,10-11,14H2,1-3H3;2H3. The van der Waals surface area contributed by atoms with E-state index in [9.17, 15) is 9.59 Å². The molecule has 0 bridgehead atoms. The number of rotatable bonds is 10. The third-order valence-corrected chi connectivity index (χ3v) is 5.07. The van der Waals surface area contributed by atoms with Crippen LogP contribution < -0.4 is 9.47 Å². The Labute approximate surface area is 169 Å². The molecule has 2 atom stereocenters. The Morgan fingerprint density at radius 2 is 1.64 bits per heavy atom. The average Bonchev–Trinajstić information content (AvgIpc) is 3.26. The summed E-state index contributed by atoms with van der Waals surface area (Å²) in [4.78, 5) is 26.1. The molecule has 0 heterocycles. The molecule has 2 rings (SSSR count). The number of benzene rings is 1. The summed E-state index contributed by atoms with van der Waals surface area (Å²) in [5.41, 5.74) is 0.333. The van der Waals surface area contributed by atoms with E-state index in [1.54, 1.807) is 18.2 Å². The lowest BCUT2D eigenvalue weighted by molar-refractivity contribution is -0.148. The zero-order chi connectivity index (χ0) is 20.9. The van der Waals surface area contributed by atoms with Crippen LogP contribution in [0.5, 0.6) is 11.5 Å². The number of unbranched alkanes of at least 4 members (excludes halogenated alkanes) is 2. The van der Waals surface area contributed by atoms with E-state index in [1.807, 2.05) is 0 Å². The quantitative estimate of drug-likeness (QED) is 0.187. The second-order valence-electron chi connectivity index (χ2n) is 6.80. The van der Waals surface area contributed by atoms with E-state index in [1.165, 1.54) is 14.2 Å². The Morgan fingerprint density at radius 1 is 1.07 bits per heavy atom. The number of ketones is 1. The van der Waals surface area contributed by atoms with E-state index in [0.29, 0.717) is 32.8 Å². The number of ether oxygens (including phenoxy) is 3. The monoisotopic (exact) mass is 412 g/mol. The molecule has 1 aromatic rings. The second kappa shape index (κ2) is 13.4. The van der Waals surface area contributed by atoms with Gasteiger partial charge in [-0.3, -0.25) is 9.59 Å². The Kier molecular flexibility index (Phi) is 11.6. The molecule has 1 aliphatic carbocycles. The molecule has 158 valence electrons. The van der Waals surface area contributed by atoms with Crippen molar-refractivity contribution < 1.29 is 28.4 Å². The Morgan fingerprint density at radius 3 is 2.14 bits per heavy atom. The summed E-state index contributed by atoms with van der Waals surface area (Å²) in [5, 5.41) is 0. The summed E-state index contributed by atoms with van der Waals surface area (Å²) in [7, 11) is 3.64. The predicted octanol–water partition coefficient (Wildman–Crippen LogP) is 4.37. The molecule has 7 heteroatoms. The van der Waals surface area contributed by atoms with Gasteiger partial charge in [0, 0.05) is 0 Å². The van der Waals surface area contributed by atoms with Crippen LogP contribution in [-0.2, 0) is 14.1 Å². The van der Waals surface area contributed by atoms with E-state index in [-0.39, 0.29) is 11.7 Å². The van der Waals surface area contributed by atoms with Gasteiger partial charge < -0.3 is 18.8 Å². The minimum atomic E-state index is -0.788. The van der Waals surface area contributed by atoms with Gasteiger partial charge in [-0.15, -0.1) is 0 Å². The maximum absolute atomic E-state index is 13.4. The van der Waals surface area contributed by atoms with Crippen molar-refractivity contribution in [3.05, 3.63) is 23.8 Å². The molecule has 0 aromatic heterocycles. The van der Waals surface area contributed by atoms with Gasteiger partial charge in [0.2, 0.25) is 0 Å². The molecule has 6 nitrogen and oxygen atoms in total. The van der Waals surface area contributed by atoms with Gasteiger partial charge in [-0.25, -0.2) is 0 Å². The van der Waals surface area contributed by atoms with Crippen LogP contribution in [0.3, 0.4) is 0 Å². The summed E-state index contributed by atoms with van der Waals surface area (Å²) in [5.74, 6) is -0.579. The predicted molar refractivity (Wildman–Crippen MR) is 112 cm³/mol. The van der Waals surface area contributed by atoms with Crippen LogP contribution in [0.1, 0.15) is 62.2 Å². The first-order valence-electron chi connectivity index (χ1n) is 9.84. The van der Waals surface area contributed by atoms with Crippen molar-refractivity contribution in [3.8, 4) is 11.5 Å². The first-order valence-corrected chi connectivity index (χ1v) is 10.4. The number of esters is 1. The molecule has 0 aliphatic heterocycles. The van der Waals surface area contributed by atoms with E-state index in [2.05, 4.69) is 6.92 Å². The van der Waals surface area contributed by atoms with Crippen LogP contribution in [0.2, 0.25) is 0 Å². The van der Waals surface area contributed by atoms with Gasteiger partial charge in [-0.05, 0) is 37.3 Å². The molecule has 0 saturated heterocycles. The molecule has 1 fully saturated rings. The van der Waals surface area contributed by atoms with Gasteiger partial charge in [0.25, 0.3) is 0 Å². The summed E-state index contributed by atoms with van der Waals surface area (Å²) < 4.78 is 24.5. The minimum Gasteiger partial charge on any atom is -0.496 e. The van der Waals surface area contributed by atoms with Crippen molar-refractivity contribution in [2.75, 3.05) is 20.8 Å². The van der Waals surface area contributed by atoms with E-state index < -0.39 is 11.9 Å². The van der Waals surface area contributed by atoms with Gasteiger partial charge in [-0.1, -0.05) is 38.7 Å². The van der Waals surface area contributed by atoms with Crippen molar-refractivity contribution in [1.82, 2.24) is 0 Å². The fourth-order valence-electron chi connectivity index (χ4n) is 3.67. The highest BCUT2D eigenvalue weighted by molar-refractivity contribution is 7.00. The summed E-state index contributed by atoms with van der Waals surface area (Å²) in [6.45, 7) is 2.47. The molecular formula is C21H33O6P. The normalized spacial score (nSPS) is 14.7. The van der Waals surface area contributed by atoms with E-state index >= 15 is 0 Å². The highest BCUT2D eigenvalue weighted by Gasteiger charge is 2.40. The molecule has 1 aromatic carbocycles. The molecule has 0 radical (unpaired) electrons. The maximum atomic E-state index is 13.4. The number of carbonyl (C=O) groups excluding carboxylic acids is 2. The zero-order valence-corrected chi connectivity index (χ0v) is 18.6. The van der Waals surface area contributed by atoms with Crippen LogP contribution in [0.25, 0.3) is 0 Å². The third-order valence-electron chi connectivity index (χ3n) is 5.07. The summed E-state index contributed by atoms with van der Waals surface area (Å²) in [6.07, 6.45) is 6.72. The largest absolute Gasteiger partial charge is 0.496 e. The van der Waals surface area contributed by atoms with Gasteiger partial charge in [0.15, 0.2) is 5.78 Å². The van der Waals surface area contributed by atoms with Crippen molar-refractivity contribution in [2.45, 2.75) is 51.9 Å². The maximum Gasteiger partial charge on any atom is 0.317 e. The fraction of sp³-hybridized carbons (Fsp3) is 0.619. The lowest BCUT2D eigenvalue weighted by Crippen LogP contribution is -2.33. The molecule has 0 spiro atoms. The number of carbonyl (C=O) groups is 2. The van der Waals surface area contributed by atoms with Crippen LogP contribution in [0.4, 0.5) is 0 Å². The highest BCUT2D eigenvalue weighted by Crippen LogP contribution is 2.38. The van der Waals surface area contributed by atoms with Crippen LogP contribution in [-0.4, -0.2) is 32.6 Å². The fourth-order valence-corrected chi connectivity index (χ4v) is 3.67. The first kappa shape index (κ1) is 24.2. The molecule has 28 heavy (non-hydrogen) atoms. The topological polar surface area (TPSA) is 78.9 Å². The smallest absolute Gasteiger partial charge is 0.317 e. The van der Waals surface area contributed by atoms with Gasteiger partial charge in [-0.2, -0.15) is 0 Å². The Balaban J connectivity index is 0.00000190. The van der Waals surface area contributed by atoms with E-state index in [0.717, 1.165) is 44.9 Å². The molecule has 1 aliphatic rings. The second-order valence-corrected chi connectivity index (χ2v) is 6.80. The number of hydrogen-bond donors (Lipinski definition) is 0.